The maximum Gasteiger partial charge on any atom is 0.303 e. The van der Waals surface area contributed by atoms with Crippen molar-refractivity contribution in [2.75, 3.05) is 6.61 Å². The van der Waals surface area contributed by atoms with Crippen molar-refractivity contribution in [1.29, 1.82) is 0 Å². The summed E-state index contributed by atoms with van der Waals surface area (Å²) in [4.78, 5) is 34.4. The van der Waals surface area contributed by atoms with Gasteiger partial charge in [-0.25, -0.2) is 0 Å². The summed E-state index contributed by atoms with van der Waals surface area (Å²) in [6.45, 7) is 2.34. The Hall–Kier alpha value is -1.47. The molecule has 2 aliphatic rings. The Morgan fingerprint density at radius 1 is 1.13 bits per heavy atom. The van der Waals surface area contributed by atoms with E-state index in [0.29, 0.717) is 0 Å². The number of hydrogen-bond acceptors (Lipinski definition) is 7. The molecule has 0 radical (unpaired) electrons. The van der Waals surface area contributed by atoms with Crippen LogP contribution in [-0.2, 0) is 33.3 Å². The average molecular weight is 328 g/mol. The first-order chi connectivity index (χ1) is 11.0. The summed E-state index contributed by atoms with van der Waals surface area (Å²) in [6, 6.07) is 0. The number of carbonyl (C=O) groups excluding carboxylic acids is 3. The molecule has 0 amide bonds. The summed E-state index contributed by atoms with van der Waals surface area (Å²) >= 11 is 0. The second-order valence-electron chi connectivity index (χ2n) is 6.00. The molecule has 0 aromatic heterocycles. The zero-order valence-electron chi connectivity index (χ0n) is 13.6. The topological polar surface area (TPSA) is 88.1 Å². The molecule has 7 heteroatoms. The third kappa shape index (κ3) is 5.58. The van der Waals surface area contributed by atoms with Crippen LogP contribution >= 0.6 is 0 Å². The largest absolute Gasteiger partial charge is 0.463 e. The fourth-order valence-electron chi connectivity index (χ4n) is 2.94. The van der Waals surface area contributed by atoms with Gasteiger partial charge in [0.2, 0.25) is 0 Å². The van der Waals surface area contributed by atoms with Crippen molar-refractivity contribution in [3.8, 4) is 0 Å². The molecule has 1 heterocycles. The Morgan fingerprint density at radius 2 is 1.83 bits per heavy atom. The van der Waals surface area contributed by atoms with Gasteiger partial charge in [-0.2, -0.15) is 0 Å². The first-order valence-electron chi connectivity index (χ1n) is 8.10. The lowest BCUT2D eigenvalue weighted by molar-refractivity contribution is -0.245. The van der Waals surface area contributed by atoms with Crippen LogP contribution in [0.5, 0.6) is 0 Å². The van der Waals surface area contributed by atoms with Crippen molar-refractivity contribution in [1.82, 2.24) is 0 Å². The molecule has 7 nitrogen and oxygen atoms in total. The predicted molar refractivity (Wildman–Crippen MR) is 78.4 cm³/mol. The summed E-state index contributed by atoms with van der Waals surface area (Å²) in [5.74, 6) is -1.34. The lowest BCUT2D eigenvalue weighted by Crippen LogP contribution is -2.51. The summed E-state index contributed by atoms with van der Waals surface area (Å²) in [5.41, 5.74) is 0. The standard InChI is InChI=1S/C16H24O7/c1-10(17)20-9-14-16(21-11(2)18)13(19)8-15(23-14)22-12-6-4-3-5-7-12/h12,14-16H,3-9H2,1-2H3/t14-,15+,16+/m1/s1. The van der Waals surface area contributed by atoms with E-state index in [-0.39, 0.29) is 24.9 Å². The van der Waals surface area contributed by atoms with Crippen LogP contribution in [0.2, 0.25) is 0 Å². The highest BCUT2D eigenvalue weighted by atomic mass is 16.7. The van der Waals surface area contributed by atoms with Crippen LogP contribution in [0.3, 0.4) is 0 Å². The van der Waals surface area contributed by atoms with Gasteiger partial charge in [0.25, 0.3) is 0 Å². The first kappa shape index (κ1) is 17.9. The van der Waals surface area contributed by atoms with E-state index in [9.17, 15) is 14.4 Å². The van der Waals surface area contributed by atoms with Crippen molar-refractivity contribution < 1.29 is 33.3 Å². The van der Waals surface area contributed by atoms with Crippen molar-refractivity contribution in [3.05, 3.63) is 0 Å². The van der Waals surface area contributed by atoms with Crippen LogP contribution in [0.1, 0.15) is 52.4 Å². The third-order valence-corrected chi connectivity index (χ3v) is 3.99. The van der Waals surface area contributed by atoms with Crippen LogP contribution in [0.4, 0.5) is 0 Å². The van der Waals surface area contributed by atoms with Gasteiger partial charge in [-0.15, -0.1) is 0 Å². The molecule has 0 N–H and O–H groups in total. The van der Waals surface area contributed by atoms with E-state index in [1.807, 2.05) is 0 Å². The number of ether oxygens (including phenoxy) is 4. The first-order valence-corrected chi connectivity index (χ1v) is 8.10. The molecule has 1 aliphatic carbocycles. The molecule has 0 spiro atoms. The zero-order chi connectivity index (χ0) is 16.8. The van der Waals surface area contributed by atoms with Crippen LogP contribution in [0.15, 0.2) is 0 Å². The SMILES string of the molecule is CC(=O)OC[C@H]1O[C@H](OC2CCCCC2)CC(=O)[C@@H]1OC(C)=O. The molecule has 1 aliphatic heterocycles. The van der Waals surface area contributed by atoms with Gasteiger partial charge < -0.3 is 18.9 Å². The lowest BCUT2D eigenvalue weighted by Gasteiger charge is -2.36. The van der Waals surface area contributed by atoms with Gasteiger partial charge in [-0.05, 0) is 12.8 Å². The van der Waals surface area contributed by atoms with Gasteiger partial charge in [0.15, 0.2) is 18.2 Å². The zero-order valence-corrected chi connectivity index (χ0v) is 13.6. The van der Waals surface area contributed by atoms with Gasteiger partial charge in [-0.3, -0.25) is 14.4 Å². The molecule has 130 valence electrons. The second-order valence-corrected chi connectivity index (χ2v) is 6.00. The minimum absolute atomic E-state index is 0.0328. The van der Waals surface area contributed by atoms with Gasteiger partial charge in [0.1, 0.15) is 12.7 Å². The van der Waals surface area contributed by atoms with Gasteiger partial charge in [0, 0.05) is 13.8 Å². The van der Waals surface area contributed by atoms with E-state index in [1.165, 1.54) is 20.3 Å². The summed E-state index contributed by atoms with van der Waals surface area (Å²) in [7, 11) is 0. The van der Waals surface area contributed by atoms with Crippen LogP contribution in [-0.4, -0.2) is 48.9 Å². The molecule has 1 saturated carbocycles. The Kier molecular flexibility index (Phi) is 6.53. The molecule has 2 fully saturated rings. The van der Waals surface area contributed by atoms with E-state index in [0.717, 1.165) is 25.7 Å². The number of esters is 2. The predicted octanol–water partition coefficient (Wildman–Crippen LogP) is 1.51. The maximum atomic E-state index is 12.3. The Morgan fingerprint density at radius 3 is 2.43 bits per heavy atom. The van der Waals surface area contributed by atoms with Crippen LogP contribution < -0.4 is 0 Å². The van der Waals surface area contributed by atoms with Crippen molar-refractivity contribution in [2.45, 2.75) is 77.0 Å². The molecule has 2 rings (SSSR count). The average Bonchev–Trinajstić information content (AvgIpc) is 2.49. The number of carbonyl (C=O) groups is 3. The van der Waals surface area contributed by atoms with E-state index in [2.05, 4.69) is 0 Å². The Balaban J connectivity index is 1.97. The summed E-state index contributed by atoms with van der Waals surface area (Å²) < 4.78 is 21.5. The van der Waals surface area contributed by atoms with Crippen molar-refractivity contribution in [3.63, 3.8) is 0 Å². The Bertz CT molecular complexity index is 442. The second kappa shape index (κ2) is 8.40. The maximum absolute atomic E-state index is 12.3. The molecule has 0 aromatic carbocycles. The van der Waals surface area contributed by atoms with Gasteiger partial charge in [0.05, 0.1) is 12.5 Å². The van der Waals surface area contributed by atoms with Gasteiger partial charge >= 0.3 is 11.9 Å². The fourth-order valence-corrected chi connectivity index (χ4v) is 2.94. The Labute approximate surface area is 135 Å². The monoisotopic (exact) mass is 328 g/mol. The number of ketones is 1. The van der Waals surface area contributed by atoms with E-state index < -0.39 is 30.4 Å². The minimum atomic E-state index is -1.06. The smallest absolute Gasteiger partial charge is 0.303 e. The molecule has 23 heavy (non-hydrogen) atoms. The quantitative estimate of drug-likeness (QED) is 0.707. The number of rotatable bonds is 5. The van der Waals surface area contributed by atoms with E-state index >= 15 is 0 Å². The molecule has 3 atom stereocenters. The minimum Gasteiger partial charge on any atom is -0.463 e. The molecule has 1 saturated heterocycles. The molecular weight excluding hydrogens is 304 g/mol. The summed E-state index contributed by atoms with van der Waals surface area (Å²) in [6.07, 6.45) is 2.87. The highest BCUT2D eigenvalue weighted by Gasteiger charge is 2.41. The fraction of sp³-hybridized carbons (Fsp3) is 0.812. The van der Waals surface area contributed by atoms with Crippen LogP contribution in [0, 0.1) is 0 Å². The number of hydrogen-bond donors (Lipinski definition) is 0. The van der Waals surface area contributed by atoms with Crippen LogP contribution in [0.25, 0.3) is 0 Å². The molecule has 0 unspecified atom stereocenters. The van der Waals surface area contributed by atoms with Crippen molar-refractivity contribution in [2.24, 2.45) is 0 Å². The normalized spacial score (nSPS) is 29.1. The molecule has 0 bridgehead atoms. The highest BCUT2D eigenvalue weighted by molar-refractivity contribution is 5.86. The van der Waals surface area contributed by atoms with E-state index in [1.54, 1.807) is 0 Å². The lowest BCUT2D eigenvalue weighted by atomic mass is 9.97. The van der Waals surface area contributed by atoms with Crippen molar-refractivity contribution >= 4 is 17.7 Å². The number of Topliss-reactive ketones (excluding diaryl/α,β-unsaturated/α-hetero) is 1. The van der Waals surface area contributed by atoms with Gasteiger partial charge in [-0.1, -0.05) is 19.3 Å². The molecule has 0 aromatic rings. The van der Waals surface area contributed by atoms with E-state index in [4.69, 9.17) is 18.9 Å². The highest BCUT2D eigenvalue weighted by Crippen LogP contribution is 2.27. The third-order valence-electron chi connectivity index (χ3n) is 3.99. The summed E-state index contributed by atoms with van der Waals surface area (Å²) in [5, 5.41) is 0. The molecular formula is C16H24O7.